The second-order valence-corrected chi connectivity index (χ2v) is 8.60. The van der Waals surface area contributed by atoms with Gasteiger partial charge in [0.05, 0.1) is 4.90 Å². The molecule has 0 unspecified atom stereocenters. The lowest BCUT2D eigenvalue weighted by atomic mass is 9.96. The number of sulfone groups is 1. The van der Waals surface area contributed by atoms with E-state index in [0.29, 0.717) is 11.4 Å². The van der Waals surface area contributed by atoms with Crippen molar-refractivity contribution in [3.05, 3.63) is 29.8 Å². The highest BCUT2D eigenvalue weighted by Crippen LogP contribution is 2.18. The van der Waals surface area contributed by atoms with Gasteiger partial charge in [0.2, 0.25) is 0 Å². The van der Waals surface area contributed by atoms with E-state index in [9.17, 15) is 8.42 Å². The maximum atomic E-state index is 11.5. The topological polar surface area (TPSA) is 71.0 Å². The molecule has 0 saturated carbocycles. The summed E-state index contributed by atoms with van der Waals surface area (Å²) in [6.07, 6.45) is 4.65. The minimum atomic E-state index is -3.15. The molecule has 1 fully saturated rings. The van der Waals surface area contributed by atoms with Crippen LogP contribution in [0.3, 0.4) is 0 Å². The SMILES string of the molecule is CN=C(NCc1ccc(S(C)(=O)=O)cc1)N(C)CCC1CCOCC1. The highest BCUT2D eigenvalue weighted by Gasteiger charge is 2.15. The van der Waals surface area contributed by atoms with Crippen LogP contribution in [0.25, 0.3) is 0 Å². The van der Waals surface area contributed by atoms with Crippen molar-refractivity contribution >= 4 is 15.8 Å². The monoisotopic (exact) mass is 367 g/mol. The normalized spacial score (nSPS) is 16.7. The Morgan fingerprint density at radius 1 is 1.28 bits per heavy atom. The molecule has 1 N–H and O–H groups in total. The number of nitrogens with zero attached hydrogens (tertiary/aromatic N) is 2. The van der Waals surface area contributed by atoms with Crippen molar-refractivity contribution in [1.82, 2.24) is 10.2 Å². The molecule has 0 atom stereocenters. The Bertz CT molecular complexity index is 665. The third-order valence-electron chi connectivity index (χ3n) is 4.59. The highest BCUT2D eigenvalue weighted by molar-refractivity contribution is 7.90. The molecule has 0 aliphatic carbocycles. The quantitative estimate of drug-likeness (QED) is 0.614. The molecule has 1 aromatic rings. The van der Waals surface area contributed by atoms with E-state index in [1.54, 1.807) is 19.2 Å². The van der Waals surface area contributed by atoms with Crippen LogP contribution in [0.2, 0.25) is 0 Å². The Labute approximate surface area is 151 Å². The number of ether oxygens (including phenoxy) is 1. The smallest absolute Gasteiger partial charge is 0.193 e. The van der Waals surface area contributed by atoms with Crippen LogP contribution in [-0.4, -0.2) is 59.4 Å². The number of nitrogens with one attached hydrogen (secondary N) is 1. The van der Waals surface area contributed by atoms with Crippen LogP contribution in [0.15, 0.2) is 34.2 Å². The molecule has 7 heteroatoms. The van der Waals surface area contributed by atoms with Crippen LogP contribution in [0.1, 0.15) is 24.8 Å². The summed E-state index contributed by atoms with van der Waals surface area (Å²) in [5.74, 6) is 1.58. The van der Waals surface area contributed by atoms with Crippen LogP contribution >= 0.6 is 0 Å². The number of benzene rings is 1. The van der Waals surface area contributed by atoms with Crippen LogP contribution < -0.4 is 5.32 Å². The Hall–Kier alpha value is -1.60. The van der Waals surface area contributed by atoms with Crippen LogP contribution in [0, 0.1) is 5.92 Å². The average Bonchev–Trinajstić information content (AvgIpc) is 2.61. The van der Waals surface area contributed by atoms with E-state index in [2.05, 4.69) is 15.2 Å². The second-order valence-electron chi connectivity index (χ2n) is 6.58. The minimum Gasteiger partial charge on any atom is -0.381 e. The first-order valence-electron chi connectivity index (χ1n) is 8.68. The van der Waals surface area contributed by atoms with Crippen molar-refractivity contribution < 1.29 is 13.2 Å². The Kier molecular flexibility index (Phi) is 7.25. The molecule has 1 heterocycles. The molecule has 6 nitrogen and oxygen atoms in total. The zero-order chi connectivity index (χ0) is 18.3. The van der Waals surface area contributed by atoms with Crippen molar-refractivity contribution in [2.75, 3.05) is 40.1 Å². The Morgan fingerprint density at radius 2 is 1.92 bits per heavy atom. The van der Waals surface area contributed by atoms with Gasteiger partial charge in [-0.15, -0.1) is 0 Å². The predicted molar refractivity (Wildman–Crippen MR) is 101 cm³/mol. The van der Waals surface area contributed by atoms with E-state index < -0.39 is 9.84 Å². The molecular weight excluding hydrogens is 338 g/mol. The first-order chi connectivity index (χ1) is 11.9. The molecule has 0 aromatic heterocycles. The summed E-state index contributed by atoms with van der Waals surface area (Å²) >= 11 is 0. The van der Waals surface area contributed by atoms with Gasteiger partial charge in [0, 0.05) is 46.7 Å². The number of guanidine groups is 1. The fourth-order valence-electron chi connectivity index (χ4n) is 2.94. The van der Waals surface area contributed by atoms with Gasteiger partial charge in [0.25, 0.3) is 0 Å². The molecule has 0 bridgehead atoms. The number of hydrogen-bond acceptors (Lipinski definition) is 4. The van der Waals surface area contributed by atoms with Crippen LogP contribution in [0.4, 0.5) is 0 Å². The summed E-state index contributed by atoms with van der Waals surface area (Å²) in [6.45, 7) is 3.32. The fraction of sp³-hybridized carbons (Fsp3) is 0.611. The molecule has 0 spiro atoms. The lowest BCUT2D eigenvalue weighted by molar-refractivity contribution is 0.0625. The summed E-state index contributed by atoms with van der Waals surface area (Å²) in [5, 5.41) is 3.33. The maximum Gasteiger partial charge on any atom is 0.193 e. The average molecular weight is 368 g/mol. The summed E-state index contributed by atoms with van der Waals surface area (Å²) in [4.78, 5) is 6.82. The van der Waals surface area contributed by atoms with E-state index >= 15 is 0 Å². The molecule has 0 amide bonds. The molecular formula is C18H29N3O3S. The van der Waals surface area contributed by atoms with E-state index in [-0.39, 0.29) is 0 Å². The molecule has 1 saturated heterocycles. The summed E-state index contributed by atoms with van der Waals surface area (Å²) in [5.41, 5.74) is 1.02. The zero-order valence-electron chi connectivity index (χ0n) is 15.4. The third-order valence-corrected chi connectivity index (χ3v) is 5.72. The maximum absolute atomic E-state index is 11.5. The van der Waals surface area contributed by atoms with E-state index in [4.69, 9.17) is 4.74 Å². The molecule has 0 radical (unpaired) electrons. The van der Waals surface area contributed by atoms with Gasteiger partial charge in [-0.05, 0) is 42.9 Å². The first kappa shape index (κ1) is 19.7. The van der Waals surface area contributed by atoms with E-state index in [0.717, 1.165) is 56.5 Å². The Morgan fingerprint density at radius 3 is 2.48 bits per heavy atom. The summed E-state index contributed by atoms with van der Waals surface area (Å²) < 4.78 is 28.4. The van der Waals surface area contributed by atoms with Gasteiger partial charge in [-0.3, -0.25) is 4.99 Å². The standard InChI is InChI=1S/C18H29N3O3S/c1-19-18(21(2)11-8-15-9-12-24-13-10-15)20-14-16-4-6-17(7-5-16)25(3,22)23/h4-7,15H,8-14H2,1-3H3,(H,19,20). The molecule has 1 aliphatic heterocycles. The Balaban J connectivity index is 1.82. The minimum absolute atomic E-state index is 0.342. The molecule has 25 heavy (non-hydrogen) atoms. The second kappa shape index (κ2) is 9.20. The lowest BCUT2D eigenvalue weighted by Gasteiger charge is -2.26. The third kappa shape index (κ3) is 6.32. The molecule has 1 aromatic carbocycles. The van der Waals surface area contributed by atoms with Crippen molar-refractivity contribution in [2.24, 2.45) is 10.9 Å². The first-order valence-corrected chi connectivity index (χ1v) is 10.6. The lowest BCUT2D eigenvalue weighted by Crippen LogP contribution is -2.39. The summed E-state index contributed by atoms with van der Waals surface area (Å²) in [6, 6.07) is 6.95. The van der Waals surface area contributed by atoms with Gasteiger partial charge >= 0.3 is 0 Å². The van der Waals surface area contributed by atoms with Crippen LogP contribution in [-0.2, 0) is 21.1 Å². The van der Waals surface area contributed by atoms with Crippen LogP contribution in [0.5, 0.6) is 0 Å². The summed E-state index contributed by atoms with van der Waals surface area (Å²) in [7, 11) is 0.673. The number of rotatable bonds is 6. The van der Waals surface area contributed by atoms with E-state index in [1.165, 1.54) is 6.26 Å². The van der Waals surface area contributed by atoms with Gasteiger partial charge in [0.1, 0.15) is 0 Å². The highest BCUT2D eigenvalue weighted by atomic mass is 32.2. The van der Waals surface area contributed by atoms with Gasteiger partial charge in [-0.25, -0.2) is 8.42 Å². The van der Waals surface area contributed by atoms with Gasteiger partial charge in [0.15, 0.2) is 15.8 Å². The zero-order valence-corrected chi connectivity index (χ0v) is 16.2. The van der Waals surface area contributed by atoms with Gasteiger partial charge in [-0.2, -0.15) is 0 Å². The number of hydrogen-bond donors (Lipinski definition) is 1. The van der Waals surface area contributed by atoms with Gasteiger partial charge in [-0.1, -0.05) is 12.1 Å². The van der Waals surface area contributed by atoms with Crippen molar-refractivity contribution in [2.45, 2.75) is 30.7 Å². The predicted octanol–water partition coefficient (Wildman–Crippen LogP) is 1.91. The molecule has 140 valence electrons. The van der Waals surface area contributed by atoms with Crippen molar-refractivity contribution in [3.8, 4) is 0 Å². The fourth-order valence-corrected chi connectivity index (χ4v) is 3.57. The van der Waals surface area contributed by atoms with E-state index in [1.807, 2.05) is 19.2 Å². The van der Waals surface area contributed by atoms with Crippen molar-refractivity contribution in [1.29, 1.82) is 0 Å². The van der Waals surface area contributed by atoms with Crippen molar-refractivity contribution in [3.63, 3.8) is 0 Å². The molecule has 1 aliphatic rings. The largest absolute Gasteiger partial charge is 0.381 e. The molecule has 2 rings (SSSR count). The van der Waals surface area contributed by atoms with Gasteiger partial charge < -0.3 is 15.0 Å². The number of aliphatic imine (C=N–C) groups is 1.